The summed E-state index contributed by atoms with van der Waals surface area (Å²) < 4.78 is 0. The van der Waals surface area contributed by atoms with E-state index in [9.17, 15) is 9.59 Å². The fourth-order valence-corrected chi connectivity index (χ4v) is 1.89. The van der Waals surface area contributed by atoms with E-state index in [-0.39, 0.29) is 18.6 Å². The van der Waals surface area contributed by atoms with Gasteiger partial charge in [-0.15, -0.1) is 0 Å². The number of carboxylic acid groups (broad SMARTS) is 1. The third kappa shape index (κ3) is 2.41. The lowest BCUT2D eigenvalue weighted by Gasteiger charge is -2.08. The second kappa shape index (κ2) is 5.01. The Morgan fingerprint density at radius 2 is 2.06 bits per heavy atom. The number of aromatic nitrogens is 1. The first-order valence-corrected chi connectivity index (χ1v) is 5.67. The van der Waals surface area contributed by atoms with Crippen LogP contribution in [0.1, 0.15) is 23.2 Å². The van der Waals surface area contributed by atoms with Crippen LogP contribution in [-0.2, 0) is 4.79 Å². The molecule has 2 rings (SSSR count). The highest BCUT2D eigenvalue weighted by molar-refractivity contribution is 6.10. The first-order valence-electron chi connectivity index (χ1n) is 5.67. The zero-order valence-electron chi connectivity index (χ0n) is 9.72. The average molecular weight is 246 g/mol. The van der Waals surface area contributed by atoms with Crippen LogP contribution in [-0.4, -0.2) is 27.9 Å². The van der Waals surface area contributed by atoms with Gasteiger partial charge in [0.15, 0.2) is 5.78 Å². The van der Waals surface area contributed by atoms with E-state index in [0.717, 1.165) is 10.9 Å². The smallest absolute Gasteiger partial charge is 0.303 e. The second-order valence-corrected chi connectivity index (χ2v) is 4.15. The number of carboxylic acids is 1. The lowest BCUT2D eigenvalue weighted by molar-refractivity contribution is -0.137. The number of benzene rings is 1. The van der Waals surface area contributed by atoms with Gasteiger partial charge in [0.1, 0.15) is 0 Å². The van der Waals surface area contributed by atoms with Crippen molar-refractivity contribution in [2.45, 2.75) is 18.9 Å². The van der Waals surface area contributed by atoms with Crippen LogP contribution in [0, 0.1) is 0 Å². The summed E-state index contributed by atoms with van der Waals surface area (Å²) in [5, 5.41) is 9.39. The standard InChI is InChI=1S/C13H14N2O3/c14-10(5-6-12(16)17)13(18)9-7-15-11-4-2-1-3-8(9)11/h1-4,7,10,15H,5-6,14H2,(H,16,17). The number of hydrogen-bond acceptors (Lipinski definition) is 3. The highest BCUT2D eigenvalue weighted by atomic mass is 16.4. The van der Waals surface area contributed by atoms with Crippen molar-refractivity contribution in [2.24, 2.45) is 5.73 Å². The van der Waals surface area contributed by atoms with E-state index in [2.05, 4.69) is 4.98 Å². The molecule has 0 radical (unpaired) electrons. The Morgan fingerprint density at radius 3 is 2.78 bits per heavy atom. The van der Waals surface area contributed by atoms with E-state index in [4.69, 9.17) is 10.8 Å². The van der Waals surface area contributed by atoms with Crippen LogP contribution in [0.15, 0.2) is 30.5 Å². The number of carbonyl (C=O) groups excluding carboxylic acids is 1. The number of aliphatic carboxylic acids is 1. The minimum atomic E-state index is -0.947. The van der Waals surface area contributed by atoms with Crippen molar-refractivity contribution in [1.29, 1.82) is 0 Å². The molecule has 0 fully saturated rings. The van der Waals surface area contributed by atoms with Crippen LogP contribution in [0.4, 0.5) is 0 Å². The Hall–Kier alpha value is -2.14. The summed E-state index contributed by atoms with van der Waals surface area (Å²) in [7, 11) is 0. The number of carbonyl (C=O) groups is 2. The second-order valence-electron chi connectivity index (χ2n) is 4.15. The van der Waals surface area contributed by atoms with Gasteiger partial charge in [-0.3, -0.25) is 9.59 Å². The average Bonchev–Trinajstić information content (AvgIpc) is 2.78. The van der Waals surface area contributed by atoms with Crippen LogP contribution in [0.2, 0.25) is 0 Å². The fraction of sp³-hybridized carbons (Fsp3) is 0.231. The molecular weight excluding hydrogens is 232 g/mol. The van der Waals surface area contributed by atoms with E-state index >= 15 is 0 Å². The normalized spacial score (nSPS) is 12.5. The molecule has 4 N–H and O–H groups in total. The number of H-pyrrole nitrogens is 1. The molecule has 0 saturated carbocycles. The van der Waals surface area contributed by atoms with Gasteiger partial charge in [-0.25, -0.2) is 0 Å². The molecule has 0 aliphatic carbocycles. The number of para-hydroxylation sites is 1. The molecule has 1 atom stereocenters. The first kappa shape index (κ1) is 12.3. The number of ketones is 1. The molecule has 1 heterocycles. The van der Waals surface area contributed by atoms with Gasteiger partial charge in [-0.1, -0.05) is 18.2 Å². The van der Waals surface area contributed by atoms with Crippen molar-refractivity contribution >= 4 is 22.7 Å². The van der Waals surface area contributed by atoms with Crippen LogP contribution in [0.5, 0.6) is 0 Å². The van der Waals surface area contributed by atoms with Gasteiger partial charge in [-0.05, 0) is 12.5 Å². The van der Waals surface area contributed by atoms with Gasteiger partial charge in [0.25, 0.3) is 0 Å². The largest absolute Gasteiger partial charge is 0.481 e. The molecule has 18 heavy (non-hydrogen) atoms. The molecule has 0 bridgehead atoms. The van der Waals surface area contributed by atoms with Gasteiger partial charge in [0.05, 0.1) is 6.04 Å². The fourth-order valence-electron chi connectivity index (χ4n) is 1.89. The Kier molecular flexibility index (Phi) is 3.43. The monoisotopic (exact) mass is 246 g/mol. The molecule has 0 amide bonds. The Balaban J connectivity index is 2.20. The lowest BCUT2D eigenvalue weighted by Crippen LogP contribution is -2.31. The predicted octanol–water partition coefficient (Wildman–Crippen LogP) is 1.54. The van der Waals surface area contributed by atoms with Crippen molar-refractivity contribution in [2.75, 3.05) is 0 Å². The topological polar surface area (TPSA) is 96.2 Å². The summed E-state index contributed by atoms with van der Waals surface area (Å²) in [6, 6.07) is 6.64. The van der Waals surface area contributed by atoms with E-state index in [1.54, 1.807) is 6.20 Å². The highest BCUT2D eigenvalue weighted by Gasteiger charge is 2.19. The number of aromatic amines is 1. The van der Waals surface area contributed by atoms with Crippen LogP contribution in [0.3, 0.4) is 0 Å². The summed E-state index contributed by atoms with van der Waals surface area (Å²) in [6.45, 7) is 0. The molecule has 1 aromatic heterocycles. The van der Waals surface area contributed by atoms with Crippen LogP contribution < -0.4 is 5.73 Å². The Morgan fingerprint density at radius 1 is 1.33 bits per heavy atom. The zero-order valence-corrected chi connectivity index (χ0v) is 9.72. The van der Waals surface area contributed by atoms with Crippen LogP contribution in [0.25, 0.3) is 10.9 Å². The van der Waals surface area contributed by atoms with Crippen molar-refractivity contribution in [3.63, 3.8) is 0 Å². The molecule has 0 spiro atoms. The first-order chi connectivity index (χ1) is 8.59. The third-order valence-corrected chi connectivity index (χ3v) is 2.86. The molecular formula is C13H14N2O3. The van der Waals surface area contributed by atoms with Crippen molar-refractivity contribution in [3.05, 3.63) is 36.0 Å². The molecule has 0 aliphatic rings. The molecule has 1 aromatic carbocycles. The maximum Gasteiger partial charge on any atom is 0.303 e. The predicted molar refractivity (Wildman–Crippen MR) is 67.5 cm³/mol. The van der Waals surface area contributed by atoms with Gasteiger partial charge >= 0.3 is 5.97 Å². The number of fused-ring (bicyclic) bond motifs is 1. The summed E-state index contributed by atoms with van der Waals surface area (Å²) in [5.41, 5.74) is 7.11. The number of nitrogens with two attached hydrogens (primary N) is 1. The van der Waals surface area contributed by atoms with Crippen molar-refractivity contribution in [3.8, 4) is 0 Å². The van der Waals surface area contributed by atoms with Crippen molar-refractivity contribution in [1.82, 2.24) is 4.98 Å². The minimum absolute atomic E-state index is 0.102. The van der Waals surface area contributed by atoms with Crippen molar-refractivity contribution < 1.29 is 14.7 Å². The zero-order chi connectivity index (χ0) is 13.1. The van der Waals surface area contributed by atoms with Gasteiger partial charge in [0, 0.05) is 29.1 Å². The molecule has 5 nitrogen and oxygen atoms in total. The SMILES string of the molecule is NC(CCC(=O)O)C(=O)c1c[nH]c2ccccc12. The Labute approximate surface area is 104 Å². The summed E-state index contributed by atoms with van der Waals surface area (Å²) in [4.78, 5) is 25.5. The molecule has 94 valence electrons. The van der Waals surface area contributed by atoms with Gasteiger partial charge in [0.2, 0.25) is 0 Å². The minimum Gasteiger partial charge on any atom is -0.481 e. The third-order valence-electron chi connectivity index (χ3n) is 2.86. The molecule has 5 heteroatoms. The van der Waals surface area contributed by atoms with E-state index < -0.39 is 12.0 Å². The lowest BCUT2D eigenvalue weighted by atomic mass is 10.0. The van der Waals surface area contributed by atoms with E-state index in [1.807, 2.05) is 24.3 Å². The number of nitrogens with one attached hydrogen (secondary N) is 1. The molecule has 2 aromatic rings. The molecule has 0 saturated heterocycles. The summed E-state index contributed by atoms with van der Waals surface area (Å²) >= 11 is 0. The maximum atomic E-state index is 12.1. The van der Waals surface area contributed by atoms with Crippen LogP contribution >= 0.6 is 0 Å². The number of hydrogen-bond donors (Lipinski definition) is 3. The van der Waals surface area contributed by atoms with E-state index in [1.165, 1.54) is 0 Å². The molecule has 0 aliphatic heterocycles. The number of rotatable bonds is 5. The van der Waals surface area contributed by atoms with E-state index in [0.29, 0.717) is 5.56 Å². The summed E-state index contributed by atoms with van der Waals surface area (Å²) in [6.07, 6.45) is 1.66. The Bertz CT molecular complexity index is 589. The molecule has 1 unspecified atom stereocenters. The van der Waals surface area contributed by atoms with Gasteiger partial charge < -0.3 is 15.8 Å². The highest BCUT2D eigenvalue weighted by Crippen LogP contribution is 2.19. The number of Topliss-reactive ketones (excluding diaryl/α,β-unsaturated/α-hetero) is 1. The quantitative estimate of drug-likeness (QED) is 0.697. The summed E-state index contributed by atoms with van der Waals surface area (Å²) in [5.74, 6) is -1.18. The van der Waals surface area contributed by atoms with Gasteiger partial charge in [-0.2, -0.15) is 0 Å². The maximum absolute atomic E-state index is 12.1.